The maximum absolute atomic E-state index is 12.1. The Kier molecular flexibility index (Phi) is 5.94. The average Bonchev–Trinajstić information content (AvgIpc) is 3.24. The van der Waals surface area contributed by atoms with Crippen molar-refractivity contribution in [1.82, 2.24) is 19.6 Å². The minimum Gasteiger partial charge on any atom is -0.504 e. The second kappa shape index (κ2) is 8.98. The molecule has 0 saturated carbocycles. The molecule has 3 heterocycles. The number of hydrogen-bond donors (Lipinski definition) is 2. The Morgan fingerprint density at radius 2 is 1.97 bits per heavy atom. The van der Waals surface area contributed by atoms with Crippen LogP contribution in [0.3, 0.4) is 0 Å². The van der Waals surface area contributed by atoms with Gasteiger partial charge in [0, 0.05) is 11.8 Å². The number of pyridine rings is 1. The Morgan fingerprint density at radius 3 is 2.75 bits per heavy atom. The molecule has 0 aliphatic rings. The number of aromatic nitrogens is 4. The van der Waals surface area contributed by atoms with E-state index in [4.69, 9.17) is 4.74 Å². The first kappa shape index (κ1) is 21.2. The third-order valence-corrected chi connectivity index (χ3v) is 5.14. The van der Waals surface area contributed by atoms with E-state index in [-0.39, 0.29) is 36.3 Å². The summed E-state index contributed by atoms with van der Waals surface area (Å²) in [5.41, 5.74) is 1.97. The summed E-state index contributed by atoms with van der Waals surface area (Å²) in [6.07, 6.45) is 0.246. The fourth-order valence-electron chi connectivity index (χ4n) is 2.77. The van der Waals surface area contributed by atoms with E-state index in [0.717, 1.165) is 11.5 Å². The van der Waals surface area contributed by atoms with Gasteiger partial charge in [0.2, 0.25) is 5.91 Å². The van der Waals surface area contributed by atoms with Crippen LogP contribution in [-0.4, -0.2) is 43.1 Å². The number of esters is 1. The molecule has 0 saturated heterocycles. The molecule has 3 aromatic heterocycles. The number of nitrogens with zero attached hydrogens (tertiary/aromatic N) is 6. The van der Waals surface area contributed by atoms with E-state index >= 15 is 0 Å². The van der Waals surface area contributed by atoms with Crippen molar-refractivity contribution in [2.45, 2.75) is 20.3 Å². The molecule has 32 heavy (non-hydrogen) atoms. The number of azo groups is 1. The third kappa shape index (κ3) is 4.21. The van der Waals surface area contributed by atoms with E-state index in [0.29, 0.717) is 32.5 Å². The molecular formula is C20H17N7O4S. The molecule has 0 atom stereocenters. The number of carbonyl (C=O) groups excluding carboxylic acids is 2. The fourth-order valence-corrected chi connectivity index (χ4v) is 3.50. The maximum Gasteiger partial charge on any atom is 0.352 e. The van der Waals surface area contributed by atoms with Gasteiger partial charge < -0.3 is 15.2 Å². The van der Waals surface area contributed by atoms with Gasteiger partial charge in [-0.1, -0.05) is 6.92 Å². The van der Waals surface area contributed by atoms with Gasteiger partial charge in [-0.25, -0.2) is 9.78 Å². The van der Waals surface area contributed by atoms with Crippen LogP contribution in [0.15, 0.2) is 40.6 Å². The first-order chi connectivity index (χ1) is 15.5. The standard InChI is InChI=1S/C20H17N7O4S/c1-3-15(29)22-19-13(28)7-8-14(21-19)25-23-10-5-6-12-11(9-10)16-17(26-24-12)18(32-27-16)20(30)31-4-2/h5-9,28H,3-4H2,1-2H3,(H,21,22,29). The van der Waals surface area contributed by atoms with E-state index in [1.807, 2.05) is 0 Å². The van der Waals surface area contributed by atoms with Crippen LogP contribution in [0.2, 0.25) is 0 Å². The first-order valence-electron chi connectivity index (χ1n) is 9.64. The number of carbonyl (C=O) groups is 2. The van der Waals surface area contributed by atoms with Gasteiger partial charge in [0.25, 0.3) is 0 Å². The normalized spacial score (nSPS) is 11.3. The minimum absolute atomic E-state index is 0.0118. The van der Waals surface area contributed by atoms with Crippen molar-refractivity contribution in [3.63, 3.8) is 0 Å². The molecule has 4 rings (SSSR count). The summed E-state index contributed by atoms with van der Waals surface area (Å²) in [6, 6.07) is 7.99. The Labute approximate surface area is 185 Å². The monoisotopic (exact) mass is 451 g/mol. The quantitative estimate of drug-likeness (QED) is 0.325. The molecule has 0 spiro atoms. The van der Waals surface area contributed by atoms with Crippen LogP contribution < -0.4 is 5.32 Å². The second-order valence-electron chi connectivity index (χ2n) is 6.47. The number of rotatable bonds is 6. The van der Waals surface area contributed by atoms with Crippen molar-refractivity contribution in [3.05, 3.63) is 35.2 Å². The smallest absolute Gasteiger partial charge is 0.352 e. The molecule has 0 unspecified atom stereocenters. The van der Waals surface area contributed by atoms with Crippen LogP contribution in [0, 0.1) is 0 Å². The van der Waals surface area contributed by atoms with Crippen molar-refractivity contribution >= 4 is 62.7 Å². The van der Waals surface area contributed by atoms with Crippen molar-refractivity contribution in [2.75, 3.05) is 11.9 Å². The molecule has 1 amide bonds. The zero-order chi connectivity index (χ0) is 22.7. The van der Waals surface area contributed by atoms with Gasteiger partial charge in [0.1, 0.15) is 11.0 Å². The van der Waals surface area contributed by atoms with Gasteiger partial charge in [-0.2, -0.15) is 4.37 Å². The van der Waals surface area contributed by atoms with Crippen LogP contribution in [0.25, 0.3) is 21.9 Å². The molecule has 11 nitrogen and oxygen atoms in total. The van der Waals surface area contributed by atoms with Crippen molar-refractivity contribution in [3.8, 4) is 5.75 Å². The number of nitrogens with one attached hydrogen (secondary N) is 1. The third-order valence-electron chi connectivity index (χ3n) is 4.33. The molecular weight excluding hydrogens is 434 g/mol. The average molecular weight is 451 g/mol. The SMILES string of the molecule is CCOC(=O)c1snc2c1nnc1ccc(N=Nc3ccc(O)c(NC(=O)CC)n3)cc12. The maximum atomic E-state index is 12.1. The Bertz CT molecular complexity index is 1370. The van der Waals surface area contributed by atoms with Crippen molar-refractivity contribution < 1.29 is 19.4 Å². The van der Waals surface area contributed by atoms with Gasteiger partial charge in [0.15, 0.2) is 22.3 Å². The van der Waals surface area contributed by atoms with E-state index in [1.54, 1.807) is 32.0 Å². The molecule has 0 aliphatic heterocycles. The van der Waals surface area contributed by atoms with Crippen LogP contribution in [0.1, 0.15) is 29.9 Å². The van der Waals surface area contributed by atoms with E-state index in [1.165, 1.54) is 12.1 Å². The van der Waals surface area contributed by atoms with Crippen LogP contribution >= 0.6 is 11.5 Å². The number of benzene rings is 1. The van der Waals surface area contributed by atoms with E-state index < -0.39 is 5.97 Å². The lowest BCUT2D eigenvalue weighted by molar-refractivity contribution is -0.115. The highest BCUT2D eigenvalue weighted by atomic mass is 32.1. The molecule has 0 bridgehead atoms. The number of hydrogen-bond acceptors (Lipinski definition) is 11. The van der Waals surface area contributed by atoms with Gasteiger partial charge in [-0.3, -0.25) is 4.79 Å². The predicted octanol–water partition coefficient (Wildman–Crippen LogP) is 4.28. The number of amides is 1. The Morgan fingerprint density at radius 1 is 1.12 bits per heavy atom. The molecule has 12 heteroatoms. The van der Waals surface area contributed by atoms with Crippen LogP contribution in [-0.2, 0) is 9.53 Å². The van der Waals surface area contributed by atoms with Crippen molar-refractivity contribution in [1.29, 1.82) is 0 Å². The minimum atomic E-state index is -0.492. The lowest BCUT2D eigenvalue weighted by atomic mass is 10.2. The number of aromatic hydroxyl groups is 1. The zero-order valence-corrected chi connectivity index (χ0v) is 17.9. The number of ether oxygens (including phenoxy) is 1. The molecule has 2 N–H and O–H groups in total. The molecule has 1 aromatic carbocycles. The lowest BCUT2D eigenvalue weighted by Gasteiger charge is -2.05. The topological polar surface area (TPSA) is 152 Å². The first-order valence-corrected chi connectivity index (χ1v) is 10.4. The van der Waals surface area contributed by atoms with Gasteiger partial charge >= 0.3 is 5.97 Å². The second-order valence-corrected chi connectivity index (χ2v) is 7.24. The summed E-state index contributed by atoms with van der Waals surface area (Å²) < 4.78 is 9.40. The molecule has 0 fully saturated rings. The molecule has 4 aromatic rings. The van der Waals surface area contributed by atoms with Gasteiger partial charge in [0.05, 0.1) is 17.8 Å². The zero-order valence-electron chi connectivity index (χ0n) is 17.1. The largest absolute Gasteiger partial charge is 0.504 e. The summed E-state index contributed by atoms with van der Waals surface area (Å²) in [4.78, 5) is 28.1. The highest BCUT2D eigenvalue weighted by Gasteiger charge is 2.19. The highest BCUT2D eigenvalue weighted by molar-refractivity contribution is 7.09. The predicted molar refractivity (Wildman–Crippen MR) is 118 cm³/mol. The highest BCUT2D eigenvalue weighted by Crippen LogP contribution is 2.30. The summed E-state index contributed by atoms with van der Waals surface area (Å²) in [7, 11) is 0. The number of fused-ring (bicyclic) bond motifs is 3. The summed E-state index contributed by atoms with van der Waals surface area (Å²) in [5.74, 6) is -0.734. The molecule has 0 radical (unpaired) electrons. The van der Waals surface area contributed by atoms with Crippen molar-refractivity contribution in [2.24, 2.45) is 10.2 Å². The van der Waals surface area contributed by atoms with E-state index in [2.05, 4.69) is 35.1 Å². The fraction of sp³-hybridized carbons (Fsp3) is 0.200. The molecule has 162 valence electrons. The summed E-state index contributed by atoms with van der Waals surface area (Å²) >= 11 is 1.00. The molecule has 0 aliphatic carbocycles. The van der Waals surface area contributed by atoms with Gasteiger partial charge in [-0.15, -0.1) is 20.4 Å². The Hall–Kier alpha value is -4.06. The van der Waals surface area contributed by atoms with E-state index in [9.17, 15) is 14.7 Å². The van der Waals surface area contributed by atoms with Gasteiger partial charge in [-0.05, 0) is 48.8 Å². The Balaban J connectivity index is 1.67. The summed E-state index contributed by atoms with van der Waals surface area (Å²) in [5, 5.41) is 29.6. The lowest BCUT2D eigenvalue weighted by Crippen LogP contribution is -2.10. The summed E-state index contributed by atoms with van der Waals surface area (Å²) in [6.45, 7) is 3.66. The number of anilines is 1. The van der Waals surface area contributed by atoms with Crippen LogP contribution in [0.4, 0.5) is 17.3 Å². The van der Waals surface area contributed by atoms with Crippen LogP contribution in [0.5, 0.6) is 5.75 Å².